The molecule has 0 unspecified atom stereocenters. The number of rotatable bonds is 9. The summed E-state index contributed by atoms with van der Waals surface area (Å²) in [4.78, 5) is 17.5. The van der Waals surface area contributed by atoms with Crippen molar-refractivity contribution in [3.8, 4) is 5.75 Å². The third kappa shape index (κ3) is 6.15. The average Bonchev–Trinajstić information content (AvgIpc) is 2.61. The van der Waals surface area contributed by atoms with Crippen LogP contribution >= 0.6 is 0 Å². The van der Waals surface area contributed by atoms with E-state index < -0.39 is 0 Å². The summed E-state index contributed by atoms with van der Waals surface area (Å²) in [5.41, 5.74) is 4.40. The molecule has 0 saturated carbocycles. The second-order valence-corrected chi connectivity index (χ2v) is 6.74. The second-order valence-electron chi connectivity index (χ2n) is 6.74. The molecule has 2 rings (SSSR count). The van der Waals surface area contributed by atoms with Crippen molar-refractivity contribution >= 4 is 5.91 Å². The van der Waals surface area contributed by atoms with Crippen LogP contribution in [-0.2, 0) is 17.9 Å². The summed E-state index contributed by atoms with van der Waals surface area (Å²) in [6.07, 6.45) is 3.21. The normalized spacial score (nSPS) is 10.6. The predicted octanol–water partition coefficient (Wildman–Crippen LogP) is 3.24. The lowest BCUT2D eigenvalue weighted by Gasteiger charge is -2.14. The van der Waals surface area contributed by atoms with Gasteiger partial charge in [0.1, 0.15) is 12.4 Å². The van der Waals surface area contributed by atoms with E-state index in [0.717, 1.165) is 42.1 Å². The number of aromatic nitrogens is 1. The minimum absolute atomic E-state index is 0.174. The van der Waals surface area contributed by atoms with E-state index in [-0.39, 0.29) is 5.91 Å². The highest BCUT2D eigenvalue weighted by atomic mass is 16.5. The standard InChI is InChI=1S/C21H29N3O2/c1-16-12-18(14-22-10-7-9-20(25)24(3)4)13-17(2)21(16)26-15-19-8-5-6-11-23-19/h5-6,8,11-13,22H,7,9-10,14-15H2,1-4H3. The van der Waals surface area contributed by atoms with Gasteiger partial charge in [-0.3, -0.25) is 9.78 Å². The molecule has 0 atom stereocenters. The summed E-state index contributed by atoms with van der Waals surface area (Å²) in [6.45, 7) is 6.23. The maximum atomic E-state index is 11.5. The van der Waals surface area contributed by atoms with E-state index in [9.17, 15) is 4.79 Å². The van der Waals surface area contributed by atoms with Crippen LogP contribution in [0.25, 0.3) is 0 Å². The van der Waals surface area contributed by atoms with Crippen molar-refractivity contribution in [2.45, 2.75) is 39.8 Å². The number of amides is 1. The van der Waals surface area contributed by atoms with Crippen molar-refractivity contribution in [2.24, 2.45) is 0 Å². The van der Waals surface area contributed by atoms with Crippen molar-refractivity contribution in [3.05, 3.63) is 58.9 Å². The molecule has 0 spiro atoms. The van der Waals surface area contributed by atoms with Gasteiger partial charge in [0.2, 0.25) is 5.91 Å². The van der Waals surface area contributed by atoms with Gasteiger partial charge in [0.25, 0.3) is 0 Å². The minimum atomic E-state index is 0.174. The Morgan fingerprint density at radius 2 is 1.92 bits per heavy atom. The number of benzene rings is 1. The fourth-order valence-electron chi connectivity index (χ4n) is 2.82. The van der Waals surface area contributed by atoms with Crippen LogP contribution in [0.1, 0.15) is 35.2 Å². The summed E-state index contributed by atoms with van der Waals surface area (Å²) in [7, 11) is 3.58. The van der Waals surface area contributed by atoms with Crippen LogP contribution in [0.4, 0.5) is 0 Å². The number of pyridine rings is 1. The Morgan fingerprint density at radius 1 is 1.19 bits per heavy atom. The van der Waals surface area contributed by atoms with E-state index in [0.29, 0.717) is 13.0 Å². The van der Waals surface area contributed by atoms with Gasteiger partial charge in [-0.2, -0.15) is 0 Å². The summed E-state index contributed by atoms with van der Waals surface area (Å²) in [5.74, 6) is 1.10. The molecule has 0 aliphatic carbocycles. The molecule has 1 aromatic carbocycles. The molecule has 0 fully saturated rings. The van der Waals surface area contributed by atoms with E-state index in [1.54, 1.807) is 25.2 Å². The van der Waals surface area contributed by atoms with E-state index in [1.807, 2.05) is 18.2 Å². The van der Waals surface area contributed by atoms with E-state index in [2.05, 4.69) is 36.3 Å². The van der Waals surface area contributed by atoms with E-state index in [4.69, 9.17) is 4.74 Å². The maximum absolute atomic E-state index is 11.5. The van der Waals surface area contributed by atoms with Crippen LogP contribution in [0.15, 0.2) is 36.5 Å². The number of nitrogens with zero attached hydrogens (tertiary/aromatic N) is 2. The van der Waals surface area contributed by atoms with Crippen molar-refractivity contribution in [2.75, 3.05) is 20.6 Å². The third-order valence-corrected chi connectivity index (χ3v) is 4.18. The molecule has 1 N–H and O–H groups in total. The highest BCUT2D eigenvalue weighted by molar-refractivity contribution is 5.75. The zero-order valence-electron chi connectivity index (χ0n) is 16.2. The number of hydrogen-bond donors (Lipinski definition) is 1. The molecule has 1 aromatic heterocycles. The molecule has 1 amide bonds. The molecule has 5 nitrogen and oxygen atoms in total. The van der Waals surface area contributed by atoms with Gasteiger partial charge in [0.05, 0.1) is 5.69 Å². The van der Waals surface area contributed by atoms with Gasteiger partial charge in [-0.1, -0.05) is 18.2 Å². The van der Waals surface area contributed by atoms with Crippen molar-refractivity contribution < 1.29 is 9.53 Å². The topological polar surface area (TPSA) is 54.5 Å². The highest BCUT2D eigenvalue weighted by Crippen LogP contribution is 2.25. The summed E-state index contributed by atoms with van der Waals surface area (Å²) >= 11 is 0. The first-order valence-corrected chi connectivity index (χ1v) is 9.01. The molecule has 0 bridgehead atoms. The van der Waals surface area contributed by atoms with Crippen molar-refractivity contribution in [3.63, 3.8) is 0 Å². The zero-order valence-corrected chi connectivity index (χ0v) is 16.2. The van der Waals surface area contributed by atoms with Crippen LogP contribution in [0.5, 0.6) is 5.75 Å². The fraction of sp³-hybridized carbons (Fsp3) is 0.429. The third-order valence-electron chi connectivity index (χ3n) is 4.18. The molecule has 0 aliphatic heterocycles. The highest BCUT2D eigenvalue weighted by Gasteiger charge is 2.08. The summed E-state index contributed by atoms with van der Waals surface area (Å²) in [6, 6.07) is 10.1. The molecule has 26 heavy (non-hydrogen) atoms. The first kappa shape index (κ1) is 19.9. The Labute approximate surface area is 156 Å². The van der Waals surface area contributed by atoms with Gasteiger partial charge >= 0.3 is 0 Å². The van der Waals surface area contributed by atoms with Crippen LogP contribution in [-0.4, -0.2) is 36.4 Å². The van der Waals surface area contributed by atoms with Crippen molar-refractivity contribution in [1.82, 2.24) is 15.2 Å². The lowest BCUT2D eigenvalue weighted by molar-refractivity contribution is -0.128. The summed E-state index contributed by atoms with van der Waals surface area (Å²) in [5, 5.41) is 3.41. The van der Waals surface area contributed by atoms with Gasteiger partial charge < -0.3 is 15.0 Å². The molecule has 0 radical (unpaired) electrons. The van der Waals surface area contributed by atoms with E-state index in [1.165, 1.54) is 5.56 Å². The molecular weight excluding hydrogens is 326 g/mol. The van der Waals surface area contributed by atoms with Gasteiger partial charge in [-0.25, -0.2) is 0 Å². The quantitative estimate of drug-likeness (QED) is 0.702. The molecule has 0 saturated heterocycles. The number of carbonyl (C=O) groups is 1. The summed E-state index contributed by atoms with van der Waals surface area (Å²) < 4.78 is 5.98. The van der Waals surface area contributed by atoms with Crippen LogP contribution in [0, 0.1) is 13.8 Å². The number of aryl methyl sites for hydroxylation is 2. The second kappa shape index (κ2) is 9.92. The van der Waals surface area contributed by atoms with E-state index >= 15 is 0 Å². The van der Waals surface area contributed by atoms with Crippen molar-refractivity contribution in [1.29, 1.82) is 0 Å². The van der Waals surface area contributed by atoms with Gasteiger partial charge in [-0.15, -0.1) is 0 Å². The fourth-order valence-corrected chi connectivity index (χ4v) is 2.82. The first-order valence-electron chi connectivity index (χ1n) is 9.01. The Balaban J connectivity index is 1.83. The average molecular weight is 355 g/mol. The molecule has 2 aromatic rings. The smallest absolute Gasteiger partial charge is 0.222 e. The predicted molar refractivity (Wildman–Crippen MR) is 104 cm³/mol. The molecule has 0 aliphatic rings. The van der Waals surface area contributed by atoms with Crippen LogP contribution in [0.3, 0.4) is 0 Å². The molecular formula is C21H29N3O2. The number of nitrogens with one attached hydrogen (secondary N) is 1. The zero-order chi connectivity index (χ0) is 18.9. The Hall–Kier alpha value is -2.40. The molecule has 140 valence electrons. The largest absolute Gasteiger partial charge is 0.487 e. The minimum Gasteiger partial charge on any atom is -0.487 e. The monoisotopic (exact) mass is 355 g/mol. The number of ether oxygens (including phenoxy) is 1. The van der Waals surface area contributed by atoms with Crippen LogP contribution < -0.4 is 10.1 Å². The lowest BCUT2D eigenvalue weighted by Crippen LogP contribution is -2.23. The Kier molecular flexibility index (Phi) is 7.60. The van der Waals surface area contributed by atoms with Gasteiger partial charge in [-0.05, 0) is 55.6 Å². The van der Waals surface area contributed by atoms with Crippen LogP contribution in [0.2, 0.25) is 0 Å². The van der Waals surface area contributed by atoms with Gasteiger partial charge in [0, 0.05) is 33.3 Å². The lowest BCUT2D eigenvalue weighted by atomic mass is 10.1. The molecule has 1 heterocycles. The Morgan fingerprint density at radius 3 is 2.54 bits per heavy atom. The molecule has 5 heteroatoms. The van der Waals surface area contributed by atoms with Gasteiger partial charge in [0.15, 0.2) is 0 Å². The SMILES string of the molecule is Cc1cc(CNCCCC(=O)N(C)C)cc(C)c1OCc1ccccn1. The maximum Gasteiger partial charge on any atom is 0.222 e. The Bertz CT molecular complexity index is 691. The number of hydrogen-bond acceptors (Lipinski definition) is 4. The number of carbonyl (C=O) groups excluding carboxylic acids is 1. The first-order chi connectivity index (χ1) is 12.5.